The highest BCUT2D eigenvalue weighted by atomic mass is 16.5. The number of nitrogens with zero attached hydrogens (tertiary/aromatic N) is 3. The largest absolute Gasteiger partial charge is 0.497 e. The van der Waals surface area contributed by atoms with Gasteiger partial charge in [0.25, 0.3) is 0 Å². The first-order valence-corrected chi connectivity index (χ1v) is 9.10. The number of ether oxygens (including phenoxy) is 2. The number of methoxy groups -OCH3 is 1. The minimum Gasteiger partial charge on any atom is -0.497 e. The number of aromatic nitrogens is 2. The third-order valence-corrected chi connectivity index (χ3v) is 4.89. The number of morpholine rings is 1. The van der Waals surface area contributed by atoms with E-state index in [9.17, 15) is 0 Å². The van der Waals surface area contributed by atoms with E-state index >= 15 is 0 Å². The Kier molecular flexibility index (Phi) is 5.18. The van der Waals surface area contributed by atoms with Gasteiger partial charge in [-0.2, -0.15) is 0 Å². The Morgan fingerprint density at radius 1 is 1.07 bits per heavy atom. The Hall–Kier alpha value is -2.70. The van der Waals surface area contributed by atoms with Crippen molar-refractivity contribution in [3.05, 3.63) is 66.1 Å². The summed E-state index contributed by atoms with van der Waals surface area (Å²) in [5, 5.41) is 8.48. The topological polar surface area (TPSA) is 60.6 Å². The molecule has 1 fully saturated rings. The van der Waals surface area contributed by atoms with Crippen molar-refractivity contribution in [2.45, 2.75) is 25.6 Å². The molecule has 1 aliphatic heterocycles. The summed E-state index contributed by atoms with van der Waals surface area (Å²) in [7, 11) is 1.64. The molecule has 27 heavy (non-hydrogen) atoms. The third kappa shape index (κ3) is 3.86. The van der Waals surface area contributed by atoms with E-state index in [1.165, 1.54) is 5.56 Å². The van der Waals surface area contributed by atoms with E-state index in [4.69, 9.17) is 13.9 Å². The Morgan fingerprint density at radius 3 is 2.74 bits per heavy atom. The van der Waals surface area contributed by atoms with Crippen molar-refractivity contribution in [3.8, 4) is 17.2 Å². The van der Waals surface area contributed by atoms with Gasteiger partial charge < -0.3 is 13.9 Å². The first-order chi connectivity index (χ1) is 13.2. The summed E-state index contributed by atoms with van der Waals surface area (Å²) in [5.74, 6) is 1.86. The molecule has 2 aromatic carbocycles. The molecule has 6 nitrogen and oxygen atoms in total. The average molecular weight is 365 g/mol. The van der Waals surface area contributed by atoms with E-state index in [-0.39, 0.29) is 12.1 Å². The maximum atomic E-state index is 5.94. The summed E-state index contributed by atoms with van der Waals surface area (Å²) < 4.78 is 17.0. The molecule has 0 bridgehead atoms. The van der Waals surface area contributed by atoms with Gasteiger partial charge in [-0.3, -0.25) is 4.90 Å². The van der Waals surface area contributed by atoms with E-state index in [2.05, 4.69) is 46.3 Å². The molecule has 0 aliphatic carbocycles. The molecule has 1 aromatic heterocycles. The second-order valence-electron chi connectivity index (χ2n) is 6.72. The molecule has 140 valence electrons. The van der Waals surface area contributed by atoms with Gasteiger partial charge in [-0.25, -0.2) is 0 Å². The van der Waals surface area contributed by atoms with E-state index < -0.39 is 0 Å². The smallest absolute Gasteiger partial charge is 0.247 e. The second-order valence-corrected chi connectivity index (χ2v) is 6.72. The van der Waals surface area contributed by atoms with E-state index in [0.29, 0.717) is 31.5 Å². The normalized spacial score (nSPS) is 20.5. The molecule has 0 saturated carbocycles. The van der Waals surface area contributed by atoms with Gasteiger partial charge in [0.05, 0.1) is 32.9 Å². The van der Waals surface area contributed by atoms with E-state index in [1.54, 1.807) is 7.11 Å². The summed E-state index contributed by atoms with van der Waals surface area (Å²) in [5.41, 5.74) is 2.08. The lowest BCUT2D eigenvalue weighted by Gasteiger charge is -2.39. The lowest BCUT2D eigenvalue weighted by molar-refractivity contribution is -0.0522. The van der Waals surface area contributed by atoms with Crippen LogP contribution >= 0.6 is 0 Å². The summed E-state index contributed by atoms with van der Waals surface area (Å²) in [4.78, 5) is 2.36. The van der Waals surface area contributed by atoms with Gasteiger partial charge in [0, 0.05) is 11.6 Å². The Bertz CT molecular complexity index is 881. The summed E-state index contributed by atoms with van der Waals surface area (Å²) >= 11 is 0. The van der Waals surface area contributed by atoms with Gasteiger partial charge in [0.2, 0.25) is 11.8 Å². The van der Waals surface area contributed by atoms with Crippen LogP contribution in [0, 0.1) is 0 Å². The van der Waals surface area contributed by atoms with Crippen molar-refractivity contribution in [1.82, 2.24) is 15.1 Å². The molecule has 1 saturated heterocycles. The van der Waals surface area contributed by atoms with Gasteiger partial charge in [-0.05, 0) is 30.7 Å². The maximum absolute atomic E-state index is 5.94. The van der Waals surface area contributed by atoms with Crippen molar-refractivity contribution in [3.63, 3.8) is 0 Å². The zero-order valence-corrected chi connectivity index (χ0v) is 15.5. The van der Waals surface area contributed by atoms with Crippen LogP contribution in [0.3, 0.4) is 0 Å². The minimum absolute atomic E-state index is 0.169. The molecule has 0 amide bonds. The lowest BCUT2D eigenvalue weighted by atomic mass is 10.0. The minimum atomic E-state index is 0.169. The number of benzene rings is 2. The highest BCUT2D eigenvalue weighted by Crippen LogP contribution is 2.30. The van der Waals surface area contributed by atoms with Crippen LogP contribution in [0.2, 0.25) is 0 Å². The van der Waals surface area contributed by atoms with Crippen LogP contribution < -0.4 is 4.74 Å². The fraction of sp³-hybridized carbons (Fsp3) is 0.333. The summed E-state index contributed by atoms with van der Waals surface area (Å²) in [6, 6.07) is 18.5. The predicted octanol–water partition coefficient (Wildman–Crippen LogP) is 3.71. The van der Waals surface area contributed by atoms with Crippen LogP contribution in [0.5, 0.6) is 5.75 Å². The highest BCUT2D eigenvalue weighted by Gasteiger charge is 2.31. The quantitative estimate of drug-likeness (QED) is 0.687. The van der Waals surface area contributed by atoms with Gasteiger partial charge in [-0.1, -0.05) is 36.4 Å². The van der Waals surface area contributed by atoms with Gasteiger partial charge in [0.15, 0.2) is 0 Å². The Morgan fingerprint density at radius 2 is 1.93 bits per heavy atom. The first-order valence-electron chi connectivity index (χ1n) is 9.10. The van der Waals surface area contributed by atoms with Crippen molar-refractivity contribution in [1.29, 1.82) is 0 Å². The number of rotatable bonds is 5. The average Bonchev–Trinajstić information content (AvgIpc) is 3.19. The third-order valence-electron chi connectivity index (χ3n) is 4.89. The van der Waals surface area contributed by atoms with E-state index in [0.717, 1.165) is 11.3 Å². The molecular weight excluding hydrogens is 342 g/mol. The van der Waals surface area contributed by atoms with Crippen molar-refractivity contribution in [2.75, 3.05) is 20.3 Å². The van der Waals surface area contributed by atoms with Crippen LogP contribution in [0.4, 0.5) is 0 Å². The fourth-order valence-corrected chi connectivity index (χ4v) is 3.42. The van der Waals surface area contributed by atoms with Crippen LogP contribution in [-0.4, -0.2) is 41.5 Å². The summed E-state index contributed by atoms with van der Waals surface area (Å²) in [6.45, 7) is 4.10. The first kappa shape index (κ1) is 17.7. The van der Waals surface area contributed by atoms with Gasteiger partial charge >= 0.3 is 0 Å². The molecule has 1 aliphatic rings. The molecule has 2 heterocycles. The second kappa shape index (κ2) is 7.90. The van der Waals surface area contributed by atoms with Crippen molar-refractivity contribution in [2.24, 2.45) is 0 Å². The molecule has 0 spiro atoms. The Labute approximate surface area is 158 Å². The highest BCUT2D eigenvalue weighted by molar-refractivity contribution is 5.55. The standard InChI is InChI=1S/C21H23N3O3/c1-15-13-26-14-19(16-7-4-3-5-8-16)24(15)12-20-22-23-21(27-20)17-9-6-10-18(11-17)25-2/h3-11,15,19H,12-14H2,1-2H3/t15-,19-/m0/s1. The molecule has 0 radical (unpaired) electrons. The fourth-order valence-electron chi connectivity index (χ4n) is 3.42. The predicted molar refractivity (Wildman–Crippen MR) is 101 cm³/mol. The zero-order valence-electron chi connectivity index (χ0n) is 15.5. The number of hydrogen-bond donors (Lipinski definition) is 0. The lowest BCUT2D eigenvalue weighted by Crippen LogP contribution is -2.45. The van der Waals surface area contributed by atoms with Crippen LogP contribution in [0.15, 0.2) is 59.0 Å². The van der Waals surface area contributed by atoms with E-state index in [1.807, 2.05) is 30.3 Å². The molecule has 6 heteroatoms. The molecule has 4 rings (SSSR count). The Balaban J connectivity index is 1.56. The van der Waals surface area contributed by atoms with Crippen LogP contribution in [-0.2, 0) is 11.3 Å². The molecule has 3 aromatic rings. The van der Waals surface area contributed by atoms with Gasteiger partial charge in [-0.15, -0.1) is 10.2 Å². The maximum Gasteiger partial charge on any atom is 0.247 e. The summed E-state index contributed by atoms with van der Waals surface area (Å²) in [6.07, 6.45) is 0. The van der Waals surface area contributed by atoms with Crippen molar-refractivity contribution < 1.29 is 13.9 Å². The zero-order chi connectivity index (χ0) is 18.6. The molecule has 0 unspecified atom stereocenters. The number of hydrogen-bond acceptors (Lipinski definition) is 6. The monoisotopic (exact) mass is 365 g/mol. The van der Waals surface area contributed by atoms with Crippen LogP contribution in [0.1, 0.15) is 24.4 Å². The molecule has 2 atom stereocenters. The van der Waals surface area contributed by atoms with Gasteiger partial charge in [0.1, 0.15) is 5.75 Å². The van der Waals surface area contributed by atoms with Crippen LogP contribution in [0.25, 0.3) is 11.5 Å². The molecule has 0 N–H and O–H groups in total. The SMILES string of the molecule is COc1cccc(-c2nnc(CN3[C@@H](C)COC[C@H]3c3ccccc3)o2)c1. The van der Waals surface area contributed by atoms with Crippen molar-refractivity contribution >= 4 is 0 Å². The molecular formula is C21H23N3O3.